The molecule has 0 saturated carbocycles. The molecule has 5 heteroatoms. The summed E-state index contributed by atoms with van der Waals surface area (Å²) in [7, 11) is 0. The Balaban J connectivity index is 2.01. The van der Waals surface area contributed by atoms with Crippen LogP contribution in [0.1, 0.15) is 24.8 Å². The summed E-state index contributed by atoms with van der Waals surface area (Å²) in [6, 6.07) is 0.609. The molecule has 84 valence electrons. The fraction of sp³-hybridized carbons (Fsp3) is 0.800. The Morgan fingerprint density at radius 3 is 3.07 bits per heavy atom. The van der Waals surface area contributed by atoms with Gasteiger partial charge in [-0.05, 0) is 26.3 Å². The maximum atomic E-state index is 4.22. The molecule has 0 aliphatic carbocycles. The van der Waals surface area contributed by atoms with Crippen molar-refractivity contribution in [2.24, 2.45) is 0 Å². The first-order chi connectivity index (χ1) is 7.31. The molecule has 1 fully saturated rings. The maximum absolute atomic E-state index is 4.22. The zero-order valence-corrected chi connectivity index (χ0v) is 10.2. The average molecular weight is 226 g/mol. The Bertz CT molecular complexity index is 312. The molecule has 1 N–H and O–H groups in total. The van der Waals surface area contributed by atoms with Crippen LogP contribution in [-0.4, -0.2) is 35.9 Å². The minimum atomic E-state index is 0.609. The first-order valence-electron chi connectivity index (χ1n) is 5.58. The second-order valence-electron chi connectivity index (χ2n) is 3.90. The molecule has 0 spiro atoms. The van der Waals surface area contributed by atoms with Crippen molar-refractivity contribution in [3.63, 3.8) is 0 Å². The summed E-state index contributed by atoms with van der Waals surface area (Å²) in [4.78, 5) is 2.40. The Labute approximate surface area is 94.7 Å². The van der Waals surface area contributed by atoms with Crippen LogP contribution in [0.3, 0.4) is 0 Å². The molecule has 0 radical (unpaired) electrons. The molecule has 0 aromatic carbocycles. The molecule has 0 amide bonds. The standard InChI is InChI=1S/C10H18N4S/c1-3-11-7-9-5-4-6-14(9)10-13-12-8(2)15-10/h9,11H,3-7H2,1-2H3. The normalized spacial score (nSPS) is 21.2. The highest BCUT2D eigenvalue weighted by Gasteiger charge is 2.26. The third-order valence-corrected chi connectivity index (χ3v) is 3.64. The van der Waals surface area contributed by atoms with Gasteiger partial charge in [-0.1, -0.05) is 18.3 Å². The molecule has 1 atom stereocenters. The molecule has 1 aromatic heterocycles. The monoisotopic (exact) mass is 226 g/mol. The predicted octanol–water partition coefficient (Wildman–Crippen LogP) is 1.42. The van der Waals surface area contributed by atoms with Gasteiger partial charge in [0.1, 0.15) is 5.01 Å². The molecule has 1 aromatic rings. The summed E-state index contributed by atoms with van der Waals surface area (Å²) >= 11 is 1.70. The van der Waals surface area contributed by atoms with E-state index in [0.717, 1.165) is 29.8 Å². The van der Waals surface area contributed by atoms with E-state index in [-0.39, 0.29) is 0 Å². The summed E-state index contributed by atoms with van der Waals surface area (Å²) in [5.41, 5.74) is 0. The smallest absolute Gasteiger partial charge is 0.208 e. The van der Waals surface area contributed by atoms with Crippen molar-refractivity contribution < 1.29 is 0 Å². The third-order valence-electron chi connectivity index (χ3n) is 2.77. The number of anilines is 1. The number of hydrogen-bond donors (Lipinski definition) is 1. The van der Waals surface area contributed by atoms with E-state index in [0.29, 0.717) is 6.04 Å². The molecule has 2 rings (SSSR count). The predicted molar refractivity (Wildman–Crippen MR) is 63.6 cm³/mol. The van der Waals surface area contributed by atoms with Crippen LogP contribution in [0.25, 0.3) is 0 Å². The second-order valence-corrected chi connectivity index (χ2v) is 5.06. The van der Waals surface area contributed by atoms with Crippen LogP contribution in [0.15, 0.2) is 0 Å². The highest BCUT2D eigenvalue weighted by atomic mass is 32.1. The van der Waals surface area contributed by atoms with Crippen LogP contribution >= 0.6 is 11.3 Å². The van der Waals surface area contributed by atoms with Crippen molar-refractivity contribution in [2.45, 2.75) is 32.7 Å². The molecular formula is C10H18N4S. The number of aromatic nitrogens is 2. The SMILES string of the molecule is CCNCC1CCCN1c1nnc(C)s1. The number of rotatable bonds is 4. The minimum absolute atomic E-state index is 0.609. The van der Waals surface area contributed by atoms with Crippen LogP contribution in [-0.2, 0) is 0 Å². The van der Waals surface area contributed by atoms with Gasteiger partial charge in [0.25, 0.3) is 0 Å². The largest absolute Gasteiger partial charge is 0.342 e. The van der Waals surface area contributed by atoms with Crippen molar-refractivity contribution in [1.29, 1.82) is 0 Å². The lowest BCUT2D eigenvalue weighted by atomic mass is 10.2. The van der Waals surface area contributed by atoms with Gasteiger partial charge in [-0.2, -0.15) is 0 Å². The fourth-order valence-electron chi connectivity index (χ4n) is 2.01. The zero-order chi connectivity index (χ0) is 10.7. The van der Waals surface area contributed by atoms with Gasteiger partial charge in [0, 0.05) is 19.1 Å². The van der Waals surface area contributed by atoms with Gasteiger partial charge < -0.3 is 10.2 Å². The van der Waals surface area contributed by atoms with E-state index in [2.05, 4.69) is 27.3 Å². The lowest BCUT2D eigenvalue weighted by molar-refractivity contribution is 0.586. The first-order valence-corrected chi connectivity index (χ1v) is 6.40. The van der Waals surface area contributed by atoms with Crippen LogP contribution < -0.4 is 10.2 Å². The van der Waals surface area contributed by atoms with Crippen molar-refractivity contribution in [3.05, 3.63) is 5.01 Å². The molecule has 4 nitrogen and oxygen atoms in total. The Hall–Kier alpha value is -0.680. The zero-order valence-electron chi connectivity index (χ0n) is 9.36. The van der Waals surface area contributed by atoms with Crippen molar-refractivity contribution >= 4 is 16.5 Å². The van der Waals surface area contributed by atoms with Crippen LogP contribution in [0.2, 0.25) is 0 Å². The van der Waals surface area contributed by atoms with Crippen LogP contribution in [0.4, 0.5) is 5.13 Å². The van der Waals surface area contributed by atoms with Crippen molar-refractivity contribution in [2.75, 3.05) is 24.5 Å². The molecular weight excluding hydrogens is 208 g/mol. The van der Waals surface area contributed by atoms with Crippen molar-refractivity contribution in [3.8, 4) is 0 Å². The fourth-order valence-corrected chi connectivity index (χ4v) is 2.80. The minimum Gasteiger partial charge on any atom is -0.342 e. The summed E-state index contributed by atoms with van der Waals surface area (Å²) in [6.07, 6.45) is 2.54. The highest BCUT2D eigenvalue weighted by Crippen LogP contribution is 2.27. The molecule has 1 aliphatic heterocycles. The number of nitrogens with zero attached hydrogens (tertiary/aromatic N) is 3. The van der Waals surface area contributed by atoms with Crippen LogP contribution in [0, 0.1) is 6.92 Å². The number of hydrogen-bond acceptors (Lipinski definition) is 5. The van der Waals surface area contributed by atoms with Gasteiger partial charge in [0.2, 0.25) is 5.13 Å². The van der Waals surface area contributed by atoms with Gasteiger partial charge in [0.15, 0.2) is 0 Å². The van der Waals surface area contributed by atoms with E-state index >= 15 is 0 Å². The lowest BCUT2D eigenvalue weighted by Gasteiger charge is -2.23. The maximum Gasteiger partial charge on any atom is 0.208 e. The van der Waals surface area contributed by atoms with Gasteiger partial charge in [-0.25, -0.2) is 0 Å². The quantitative estimate of drug-likeness (QED) is 0.843. The van der Waals surface area contributed by atoms with Gasteiger partial charge in [0.05, 0.1) is 0 Å². The van der Waals surface area contributed by atoms with E-state index in [4.69, 9.17) is 0 Å². The Morgan fingerprint density at radius 1 is 1.53 bits per heavy atom. The summed E-state index contributed by atoms with van der Waals surface area (Å²) in [5.74, 6) is 0. The van der Waals surface area contributed by atoms with Crippen molar-refractivity contribution in [1.82, 2.24) is 15.5 Å². The number of nitrogens with one attached hydrogen (secondary N) is 1. The van der Waals surface area contributed by atoms with Gasteiger partial charge >= 0.3 is 0 Å². The average Bonchev–Trinajstić information content (AvgIpc) is 2.82. The van der Waals surface area contributed by atoms with E-state index in [9.17, 15) is 0 Å². The first kappa shape index (κ1) is 10.8. The van der Waals surface area contributed by atoms with Gasteiger partial charge in [-0.3, -0.25) is 0 Å². The molecule has 2 heterocycles. The third kappa shape index (κ3) is 2.46. The summed E-state index contributed by atoms with van der Waals surface area (Å²) in [6.45, 7) is 7.39. The number of aryl methyl sites for hydroxylation is 1. The molecule has 15 heavy (non-hydrogen) atoms. The number of likely N-dealkylation sites (N-methyl/N-ethyl adjacent to an activating group) is 1. The van der Waals surface area contributed by atoms with E-state index in [1.54, 1.807) is 11.3 Å². The second kappa shape index (κ2) is 4.90. The molecule has 1 saturated heterocycles. The van der Waals surface area contributed by atoms with E-state index < -0.39 is 0 Å². The van der Waals surface area contributed by atoms with E-state index in [1.807, 2.05) is 6.92 Å². The van der Waals surface area contributed by atoms with Crippen LogP contribution in [0.5, 0.6) is 0 Å². The van der Waals surface area contributed by atoms with Gasteiger partial charge in [-0.15, -0.1) is 10.2 Å². The molecule has 1 unspecified atom stereocenters. The molecule has 0 bridgehead atoms. The topological polar surface area (TPSA) is 41.0 Å². The Kier molecular flexibility index (Phi) is 3.53. The summed E-state index contributed by atoms with van der Waals surface area (Å²) < 4.78 is 0. The van der Waals surface area contributed by atoms with E-state index in [1.165, 1.54) is 12.8 Å². The summed E-state index contributed by atoms with van der Waals surface area (Å²) in [5, 5.41) is 13.9. The lowest BCUT2D eigenvalue weighted by Crippen LogP contribution is -2.37. The highest BCUT2D eigenvalue weighted by molar-refractivity contribution is 7.15. The molecule has 1 aliphatic rings. The Morgan fingerprint density at radius 2 is 2.40 bits per heavy atom.